The molecule has 2 aliphatic heterocycles. The predicted octanol–water partition coefficient (Wildman–Crippen LogP) is -0.0330. The topological polar surface area (TPSA) is 49.4 Å². The van der Waals surface area contributed by atoms with E-state index in [1.165, 1.54) is 0 Å². The van der Waals surface area contributed by atoms with E-state index in [0.717, 1.165) is 25.9 Å². The third kappa shape index (κ3) is 2.46. The molecule has 1 amide bonds. The number of piperidine rings is 1. The van der Waals surface area contributed by atoms with Crippen molar-refractivity contribution in [2.24, 2.45) is 5.41 Å². The number of hydrogen-bond donors (Lipinski definition) is 1. The van der Waals surface area contributed by atoms with Crippen LogP contribution in [0.5, 0.6) is 0 Å². The molecule has 1 N–H and O–H groups in total. The molecule has 4 nitrogen and oxygen atoms in total. The molecule has 92 valence electrons. The van der Waals surface area contributed by atoms with Crippen molar-refractivity contribution in [2.75, 3.05) is 37.7 Å². The smallest absolute Gasteiger partial charge is 0.228 e. The molecular formula is C11H20N2O2S. The van der Waals surface area contributed by atoms with Gasteiger partial charge in [0.25, 0.3) is 0 Å². The minimum Gasteiger partial charge on any atom is -0.340 e. The summed E-state index contributed by atoms with van der Waals surface area (Å²) >= 11 is 0. The maximum Gasteiger partial charge on any atom is 0.228 e. The number of hydrogen-bond acceptors (Lipinski definition) is 3. The van der Waals surface area contributed by atoms with E-state index in [-0.39, 0.29) is 11.3 Å². The summed E-state index contributed by atoms with van der Waals surface area (Å²) in [5.74, 6) is 1.57. The van der Waals surface area contributed by atoms with Gasteiger partial charge in [-0.1, -0.05) is 6.92 Å². The molecule has 2 heterocycles. The van der Waals surface area contributed by atoms with Crippen LogP contribution in [-0.4, -0.2) is 52.7 Å². The molecule has 0 spiro atoms. The van der Waals surface area contributed by atoms with Crippen LogP contribution in [0.2, 0.25) is 0 Å². The molecule has 0 bridgehead atoms. The molecule has 2 saturated heterocycles. The van der Waals surface area contributed by atoms with Crippen molar-refractivity contribution in [2.45, 2.75) is 19.8 Å². The van der Waals surface area contributed by atoms with E-state index in [9.17, 15) is 9.00 Å². The number of nitrogens with one attached hydrogen (secondary N) is 1. The van der Waals surface area contributed by atoms with E-state index >= 15 is 0 Å². The fourth-order valence-corrected chi connectivity index (χ4v) is 3.47. The van der Waals surface area contributed by atoms with E-state index in [0.29, 0.717) is 24.6 Å². The van der Waals surface area contributed by atoms with Crippen LogP contribution in [0.25, 0.3) is 0 Å². The van der Waals surface area contributed by atoms with Crippen LogP contribution in [0.15, 0.2) is 0 Å². The standard InChI is InChI=1S/C11H20N2O2S/c1-11(2-4-12-5-3-11)10(14)13-6-8-16(15)9-7-13/h12H,2-9H2,1H3. The third-order valence-electron chi connectivity index (χ3n) is 3.69. The lowest BCUT2D eigenvalue weighted by atomic mass is 9.79. The zero-order valence-corrected chi connectivity index (χ0v) is 10.6. The van der Waals surface area contributed by atoms with Gasteiger partial charge in [0.15, 0.2) is 0 Å². The molecular weight excluding hydrogens is 224 g/mol. The number of nitrogens with zero attached hydrogens (tertiary/aromatic N) is 1. The molecule has 2 rings (SSSR count). The second kappa shape index (κ2) is 4.84. The van der Waals surface area contributed by atoms with Gasteiger partial charge in [0.2, 0.25) is 5.91 Å². The van der Waals surface area contributed by atoms with Gasteiger partial charge in [-0.15, -0.1) is 0 Å². The molecule has 2 aliphatic rings. The Bertz CT molecular complexity index is 290. The Morgan fingerprint density at radius 3 is 2.38 bits per heavy atom. The Morgan fingerprint density at radius 1 is 1.25 bits per heavy atom. The zero-order chi connectivity index (χ0) is 11.6. The van der Waals surface area contributed by atoms with Crippen LogP contribution in [0.3, 0.4) is 0 Å². The van der Waals surface area contributed by atoms with Crippen molar-refractivity contribution in [3.05, 3.63) is 0 Å². The van der Waals surface area contributed by atoms with Crippen molar-refractivity contribution in [3.63, 3.8) is 0 Å². The second-order valence-corrected chi connectivity index (χ2v) is 6.65. The summed E-state index contributed by atoms with van der Waals surface area (Å²) < 4.78 is 11.3. The van der Waals surface area contributed by atoms with E-state index in [4.69, 9.17) is 0 Å². The van der Waals surface area contributed by atoms with Crippen molar-refractivity contribution < 1.29 is 9.00 Å². The van der Waals surface area contributed by atoms with Crippen molar-refractivity contribution >= 4 is 16.7 Å². The Labute approximate surface area is 99.2 Å². The van der Waals surface area contributed by atoms with Crippen LogP contribution in [0.1, 0.15) is 19.8 Å². The largest absolute Gasteiger partial charge is 0.340 e. The van der Waals surface area contributed by atoms with Crippen LogP contribution in [0, 0.1) is 5.41 Å². The Kier molecular flexibility index (Phi) is 3.64. The van der Waals surface area contributed by atoms with Gasteiger partial charge in [-0.05, 0) is 25.9 Å². The van der Waals surface area contributed by atoms with Gasteiger partial charge in [0.05, 0.1) is 0 Å². The molecule has 5 heteroatoms. The highest BCUT2D eigenvalue weighted by Crippen LogP contribution is 2.30. The van der Waals surface area contributed by atoms with Crippen LogP contribution in [-0.2, 0) is 15.6 Å². The maximum atomic E-state index is 12.4. The average molecular weight is 244 g/mol. The number of carbonyl (C=O) groups excluding carboxylic acids is 1. The van der Waals surface area contributed by atoms with Crippen LogP contribution >= 0.6 is 0 Å². The molecule has 0 aliphatic carbocycles. The molecule has 0 saturated carbocycles. The fraction of sp³-hybridized carbons (Fsp3) is 0.909. The van der Waals surface area contributed by atoms with Crippen molar-refractivity contribution in [1.82, 2.24) is 10.2 Å². The lowest BCUT2D eigenvalue weighted by Gasteiger charge is -2.38. The van der Waals surface area contributed by atoms with Gasteiger partial charge in [-0.2, -0.15) is 0 Å². The summed E-state index contributed by atoms with van der Waals surface area (Å²) in [7, 11) is -0.702. The molecule has 0 aromatic heterocycles. The monoisotopic (exact) mass is 244 g/mol. The molecule has 0 unspecified atom stereocenters. The molecule has 2 fully saturated rings. The fourth-order valence-electron chi connectivity index (χ4n) is 2.42. The molecule has 0 radical (unpaired) electrons. The van der Waals surface area contributed by atoms with Crippen molar-refractivity contribution in [3.8, 4) is 0 Å². The predicted molar refractivity (Wildman–Crippen MR) is 64.7 cm³/mol. The minimum absolute atomic E-state index is 0.190. The highest BCUT2D eigenvalue weighted by Gasteiger charge is 2.38. The number of amides is 1. The average Bonchev–Trinajstić information content (AvgIpc) is 2.30. The first-order chi connectivity index (χ1) is 7.62. The van der Waals surface area contributed by atoms with Gasteiger partial charge in [0.1, 0.15) is 0 Å². The van der Waals surface area contributed by atoms with Gasteiger partial charge < -0.3 is 10.2 Å². The minimum atomic E-state index is -0.702. The SMILES string of the molecule is CC1(C(=O)N2CCS(=O)CC2)CCNCC1. The van der Waals surface area contributed by atoms with Gasteiger partial charge in [-0.3, -0.25) is 9.00 Å². The first kappa shape index (κ1) is 12.0. The summed E-state index contributed by atoms with van der Waals surface area (Å²) in [6.45, 7) is 5.29. The summed E-state index contributed by atoms with van der Waals surface area (Å²) in [4.78, 5) is 14.3. The Morgan fingerprint density at radius 2 is 1.81 bits per heavy atom. The number of carbonyl (C=O) groups is 1. The van der Waals surface area contributed by atoms with Gasteiger partial charge in [-0.25, -0.2) is 0 Å². The van der Waals surface area contributed by atoms with Crippen molar-refractivity contribution in [1.29, 1.82) is 0 Å². The second-order valence-electron chi connectivity index (χ2n) is 4.95. The summed E-state index contributed by atoms with van der Waals surface area (Å²) in [6.07, 6.45) is 1.84. The summed E-state index contributed by atoms with van der Waals surface area (Å²) in [5.41, 5.74) is -0.190. The normalized spacial score (nSPS) is 26.7. The third-order valence-corrected chi connectivity index (χ3v) is 4.96. The Balaban J connectivity index is 1.98. The first-order valence-corrected chi connectivity index (χ1v) is 7.46. The van der Waals surface area contributed by atoms with Crippen LogP contribution in [0.4, 0.5) is 0 Å². The molecule has 16 heavy (non-hydrogen) atoms. The van der Waals surface area contributed by atoms with E-state index in [2.05, 4.69) is 12.2 Å². The summed E-state index contributed by atoms with van der Waals surface area (Å²) in [5, 5.41) is 3.29. The first-order valence-electron chi connectivity index (χ1n) is 5.97. The maximum absolute atomic E-state index is 12.4. The van der Waals surface area contributed by atoms with E-state index in [1.54, 1.807) is 0 Å². The van der Waals surface area contributed by atoms with E-state index in [1.807, 2.05) is 4.90 Å². The van der Waals surface area contributed by atoms with Gasteiger partial charge >= 0.3 is 0 Å². The molecule has 0 atom stereocenters. The molecule has 0 aromatic carbocycles. The molecule has 0 aromatic rings. The lowest BCUT2D eigenvalue weighted by molar-refractivity contribution is -0.142. The zero-order valence-electron chi connectivity index (χ0n) is 9.83. The Hall–Kier alpha value is -0.420. The summed E-state index contributed by atoms with van der Waals surface area (Å²) in [6, 6.07) is 0. The highest BCUT2D eigenvalue weighted by atomic mass is 32.2. The highest BCUT2D eigenvalue weighted by molar-refractivity contribution is 7.85. The number of rotatable bonds is 1. The van der Waals surface area contributed by atoms with Crippen LogP contribution < -0.4 is 5.32 Å². The lowest BCUT2D eigenvalue weighted by Crippen LogP contribution is -2.51. The quantitative estimate of drug-likeness (QED) is 0.704. The van der Waals surface area contributed by atoms with Gasteiger partial charge in [0, 0.05) is 40.8 Å². The van der Waals surface area contributed by atoms with E-state index < -0.39 is 10.8 Å².